The molecule has 1 fully saturated rings. The topological polar surface area (TPSA) is 3.24 Å². The molecule has 1 aliphatic carbocycles. The summed E-state index contributed by atoms with van der Waals surface area (Å²) in [7, 11) is 0. The predicted octanol–water partition coefficient (Wildman–Crippen LogP) is 5.21. The third-order valence-corrected chi connectivity index (χ3v) is 5.34. The maximum absolute atomic E-state index is 2.46. The lowest BCUT2D eigenvalue weighted by atomic mass is 9.80. The first-order valence-corrected chi connectivity index (χ1v) is 8.80. The normalized spacial score (nSPS) is 26.0. The molecule has 1 aromatic rings. The van der Waals surface area contributed by atoms with Crippen molar-refractivity contribution in [2.24, 2.45) is 11.8 Å². The number of aryl methyl sites for hydroxylation is 1. The van der Waals surface area contributed by atoms with Crippen LogP contribution in [0.15, 0.2) is 36.4 Å². The number of rotatable bonds is 4. The number of nitrogens with zero attached hydrogens (tertiary/aromatic N) is 1. The summed E-state index contributed by atoms with van der Waals surface area (Å²) in [5, 5.41) is 0. The van der Waals surface area contributed by atoms with E-state index in [9.17, 15) is 0 Å². The molecule has 0 aromatic heterocycles. The molecule has 1 aliphatic heterocycles. The molecule has 1 nitrogen and oxygen atoms in total. The van der Waals surface area contributed by atoms with Crippen LogP contribution in [0.3, 0.4) is 0 Å². The summed E-state index contributed by atoms with van der Waals surface area (Å²) in [6.45, 7) is 4.64. The van der Waals surface area contributed by atoms with Gasteiger partial charge in [-0.25, -0.2) is 0 Å². The molecule has 1 saturated carbocycles. The van der Waals surface area contributed by atoms with Gasteiger partial charge in [0.25, 0.3) is 0 Å². The van der Waals surface area contributed by atoms with Gasteiger partial charge in [0.1, 0.15) is 0 Å². The molecule has 0 bridgehead atoms. The zero-order valence-corrected chi connectivity index (χ0v) is 13.4. The third kappa shape index (κ3) is 4.12. The van der Waals surface area contributed by atoms with Crippen molar-refractivity contribution in [1.82, 2.24) is 0 Å². The summed E-state index contributed by atoms with van der Waals surface area (Å²) in [5.41, 5.74) is 2.90. The zero-order valence-electron chi connectivity index (χ0n) is 13.4. The van der Waals surface area contributed by atoms with Crippen LogP contribution < -0.4 is 4.90 Å². The minimum Gasteiger partial charge on any atom is -0.368 e. The van der Waals surface area contributed by atoms with E-state index in [0.29, 0.717) is 0 Å². The molecule has 0 N–H and O–H groups in total. The summed E-state index contributed by atoms with van der Waals surface area (Å²) in [4.78, 5) is 2.46. The monoisotopic (exact) mass is 283 g/mol. The van der Waals surface area contributed by atoms with Gasteiger partial charge in [-0.2, -0.15) is 0 Å². The summed E-state index contributed by atoms with van der Waals surface area (Å²) in [6.07, 6.45) is 14.2. The maximum Gasteiger partial charge on any atom is 0.0369 e. The van der Waals surface area contributed by atoms with E-state index in [-0.39, 0.29) is 0 Å². The molecule has 0 unspecified atom stereocenters. The van der Waals surface area contributed by atoms with Crippen LogP contribution in [-0.4, -0.2) is 13.1 Å². The van der Waals surface area contributed by atoms with Crippen molar-refractivity contribution >= 4 is 5.69 Å². The molecular weight excluding hydrogens is 254 g/mol. The lowest BCUT2D eigenvalue weighted by Gasteiger charge is -2.27. The van der Waals surface area contributed by atoms with Crippen LogP contribution in [0.2, 0.25) is 0 Å². The molecule has 21 heavy (non-hydrogen) atoms. The van der Waals surface area contributed by atoms with Crippen molar-refractivity contribution in [1.29, 1.82) is 0 Å². The van der Waals surface area contributed by atoms with Gasteiger partial charge in [0.15, 0.2) is 0 Å². The van der Waals surface area contributed by atoms with Gasteiger partial charge < -0.3 is 4.90 Å². The van der Waals surface area contributed by atoms with Crippen molar-refractivity contribution in [3.63, 3.8) is 0 Å². The Labute approximate surface area is 130 Å². The molecule has 1 heterocycles. The smallest absolute Gasteiger partial charge is 0.0369 e. The Morgan fingerprint density at radius 3 is 2.43 bits per heavy atom. The summed E-state index contributed by atoms with van der Waals surface area (Å²) in [6, 6.07) is 9.33. The molecule has 1 aromatic carbocycles. The van der Waals surface area contributed by atoms with Crippen LogP contribution in [0.25, 0.3) is 0 Å². The van der Waals surface area contributed by atoms with E-state index in [1.807, 2.05) is 0 Å². The quantitative estimate of drug-likeness (QED) is 0.685. The highest BCUT2D eigenvalue weighted by molar-refractivity contribution is 5.48. The Morgan fingerprint density at radius 1 is 1.00 bits per heavy atom. The summed E-state index contributed by atoms with van der Waals surface area (Å²) < 4.78 is 0. The molecule has 0 amide bonds. The fraction of sp³-hybridized carbons (Fsp3) is 0.600. The van der Waals surface area contributed by atoms with Gasteiger partial charge in [-0.3, -0.25) is 0 Å². The second-order valence-electron chi connectivity index (χ2n) is 7.04. The average Bonchev–Trinajstić information content (AvgIpc) is 2.56. The highest BCUT2D eigenvalue weighted by Crippen LogP contribution is 2.31. The van der Waals surface area contributed by atoms with Gasteiger partial charge >= 0.3 is 0 Å². The van der Waals surface area contributed by atoms with E-state index >= 15 is 0 Å². The molecule has 0 saturated heterocycles. The van der Waals surface area contributed by atoms with E-state index in [1.165, 1.54) is 56.2 Å². The molecular formula is C20H29N. The van der Waals surface area contributed by atoms with E-state index in [1.54, 1.807) is 0 Å². The Hall–Kier alpha value is -1.24. The fourth-order valence-electron chi connectivity index (χ4n) is 3.74. The van der Waals surface area contributed by atoms with Crippen molar-refractivity contribution in [3.8, 4) is 0 Å². The maximum atomic E-state index is 2.46. The van der Waals surface area contributed by atoms with Crippen molar-refractivity contribution in [2.75, 3.05) is 18.0 Å². The Kier molecular flexibility index (Phi) is 5.00. The molecule has 0 spiro atoms. The largest absolute Gasteiger partial charge is 0.368 e. The Balaban J connectivity index is 1.49. The van der Waals surface area contributed by atoms with Crippen molar-refractivity contribution in [2.45, 2.75) is 51.9 Å². The number of benzene rings is 1. The summed E-state index contributed by atoms with van der Waals surface area (Å²) >= 11 is 0. The number of hydrogen-bond donors (Lipinski definition) is 0. The first-order chi connectivity index (χ1) is 10.3. The van der Waals surface area contributed by atoms with Gasteiger partial charge in [0, 0.05) is 18.8 Å². The first-order valence-electron chi connectivity index (χ1n) is 8.80. The van der Waals surface area contributed by atoms with Crippen LogP contribution in [-0.2, 0) is 6.42 Å². The van der Waals surface area contributed by atoms with Crippen LogP contribution in [0.5, 0.6) is 0 Å². The Morgan fingerprint density at radius 2 is 1.76 bits per heavy atom. The average molecular weight is 283 g/mol. The van der Waals surface area contributed by atoms with E-state index in [0.717, 1.165) is 24.9 Å². The van der Waals surface area contributed by atoms with Gasteiger partial charge in [-0.1, -0.05) is 56.9 Å². The van der Waals surface area contributed by atoms with Gasteiger partial charge in [-0.05, 0) is 48.8 Å². The van der Waals surface area contributed by atoms with Crippen LogP contribution in [0.4, 0.5) is 5.69 Å². The van der Waals surface area contributed by atoms with E-state index in [4.69, 9.17) is 0 Å². The van der Waals surface area contributed by atoms with Crippen LogP contribution >= 0.6 is 0 Å². The molecule has 1 heteroatoms. The van der Waals surface area contributed by atoms with E-state index < -0.39 is 0 Å². The molecule has 2 aliphatic rings. The zero-order chi connectivity index (χ0) is 14.5. The third-order valence-electron chi connectivity index (χ3n) is 5.34. The SMILES string of the molecule is CC1CCC(CCc2ccc(N3CC=CCC3)cc2)CC1. The molecule has 0 atom stereocenters. The minimum absolute atomic E-state index is 0.971. The Bertz CT molecular complexity index is 451. The minimum atomic E-state index is 0.971. The van der Waals surface area contributed by atoms with Gasteiger partial charge in [0.2, 0.25) is 0 Å². The highest BCUT2D eigenvalue weighted by Gasteiger charge is 2.17. The van der Waals surface area contributed by atoms with Gasteiger partial charge in [0.05, 0.1) is 0 Å². The van der Waals surface area contributed by atoms with Crippen LogP contribution in [0.1, 0.15) is 51.0 Å². The second kappa shape index (κ2) is 7.15. The lowest BCUT2D eigenvalue weighted by molar-refractivity contribution is 0.278. The summed E-state index contributed by atoms with van der Waals surface area (Å²) in [5.74, 6) is 1.95. The number of anilines is 1. The number of hydrogen-bond acceptors (Lipinski definition) is 1. The highest BCUT2D eigenvalue weighted by atomic mass is 15.1. The first kappa shape index (κ1) is 14.7. The van der Waals surface area contributed by atoms with Gasteiger partial charge in [-0.15, -0.1) is 0 Å². The second-order valence-corrected chi connectivity index (χ2v) is 7.04. The molecule has 0 radical (unpaired) electrons. The predicted molar refractivity (Wildman–Crippen MR) is 91.9 cm³/mol. The van der Waals surface area contributed by atoms with Crippen molar-refractivity contribution < 1.29 is 0 Å². The molecule has 3 rings (SSSR count). The molecule has 114 valence electrons. The van der Waals surface area contributed by atoms with Crippen molar-refractivity contribution in [3.05, 3.63) is 42.0 Å². The lowest BCUT2D eigenvalue weighted by Crippen LogP contribution is -2.26. The standard InChI is InChI=1S/C20H29N/c1-17-5-7-18(8-6-17)9-10-19-11-13-20(14-12-19)21-15-3-2-4-16-21/h2-3,11-14,17-18H,4-10,15-16H2,1H3. The van der Waals surface area contributed by atoms with Crippen LogP contribution in [0, 0.1) is 11.8 Å². The van der Waals surface area contributed by atoms with E-state index in [2.05, 4.69) is 48.2 Å². The fourth-order valence-corrected chi connectivity index (χ4v) is 3.74.